The molecular weight excluding hydrogens is 360 g/mol. The molecule has 4 nitrogen and oxygen atoms in total. The molecule has 1 N–H and O–H groups in total. The molecule has 2 amide bonds. The smallest absolute Gasteiger partial charge is 0.243 e. The second-order valence-corrected chi connectivity index (χ2v) is 7.34. The SMILES string of the molecule is CCC(C(=O)NC(C)C)N(Cc1ccccc1)C(=O)Cc1cccc(Cl)c1. The lowest BCUT2D eigenvalue weighted by Crippen LogP contribution is -2.50. The van der Waals surface area contributed by atoms with Crippen LogP contribution in [0.4, 0.5) is 0 Å². The van der Waals surface area contributed by atoms with Crippen LogP contribution in [0.2, 0.25) is 5.02 Å². The summed E-state index contributed by atoms with van der Waals surface area (Å²) < 4.78 is 0. The fourth-order valence-electron chi connectivity index (χ4n) is 3.00. The van der Waals surface area contributed by atoms with E-state index in [0.29, 0.717) is 18.0 Å². The number of carbonyl (C=O) groups is 2. The van der Waals surface area contributed by atoms with E-state index in [1.165, 1.54) is 0 Å². The third kappa shape index (κ3) is 6.40. The minimum atomic E-state index is -0.515. The van der Waals surface area contributed by atoms with Crippen molar-refractivity contribution in [2.75, 3.05) is 0 Å². The zero-order chi connectivity index (χ0) is 19.8. The molecule has 0 aliphatic carbocycles. The summed E-state index contributed by atoms with van der Waals surface area (Å²) in [5.41, 5.74) is 1.83. The van der Waals surface area contributed by atoms with E-state index in [4.69, 9.17) is 11.6 Å². The van der Waals surface area contributed by atoms with Crippen molar-refractivity contribution in [3.8, 4) is 0 Å². The maximum Gasteiger partial charge on any atom is 0.243 e. The molecule has 0 fully saturated rings. The highest BCUT2D eigenvalue weighted by Crippen LogP contribution is 2.16. The van der Waals surface area contributed by atoms with Gasteiger partial charge in [-0.15, -0.1) is 0 Å². The summed E-state index contributed by atoms with van der Waals surface area (Å²) in [7, 11) is 0. The number of benzene rings is 2. The summed E-state index contributed by atoms with van der Waals surface area (Å²) in [6, 6.07) is 16.5. The Hall–Kier alpha value is -2.33. The van der Waals surface area contributed by atoms with Crippen molar-refractivity contribution in [1.82, 2.24) is 10.2 Å². The van der Waals surface area contributed by atoms with Crippen LogP contribution in [-0.2, 0) is 22.6 Å². The van der Waals surface area contributed by atoms with E-state index in [0.717, 1.165) is 11.1 Å². The van der Waals surface area contributed by atoms with Crippen LogP contribution in [-0.4, -0.2) is 28.8 Å². The number of nitrogens with one attached hydrogen (secondary N) is 1. The summed E-state index contributed by atoms with van der Waals surface area (Å²) in [6.45, 7) is 6.15. The van der Waals surface area contributed by atoms with Crippen molar-refractivity contribution in [2.45, 2.75) is 52.2 Å². The Morgan fingerprint density at radius 3 is 2.30 bits per heavy atom. The highest BCUT2D eigenvalue weighted by molar-refractivity contribution is 6.30. The summed E-state index contributed by atoms with van der Waals surface area (Å²) in [6.07, 6.45) is 0.755. The number of halogens is 1. The monoisotopic (exact) mass is 386 g/mol. The molecule has 2 aromatic rings. The molecule has 2 rings (SSSR count). The first kappa shape index (κ1) is 21.0. The van der Waals surface area contributed by atoms with Crippen LogP contribution in [0.5, 0.6) is 0 Å². The number of carbonyl (C=O) groups excluding carboxylic acids is 2. The molecule has 2 aromatic carbocycles. The summed E-state index contributed by atoms with van der Waals surface area (Å²) >= 11 is 6.05. The van der Waals surface area contributed by atoms with Crippen molar-refractivity contribution >= 4 is 23.4 Å². The topological polar surface area (TPSA) is 49.4 Å². The zero-order valence-electron chi connectivity index (χ0n) is 16.1. The van der Waals surface area contributed by atoms with Gasteiger partial charge in [0.1, 0.15) is 6.04 Å². The molecule has 5 heteroatoms. The highest BCUT2D eigenvalue weighted by atomic mass is 35.5. The first-order valence-corrected chi connectivity index (χ1v) is 9.66. The van der Waals surface area contributed by atoms with Crippen molar-refractivity contribution in [3.05, 3.63) is 70.7 Å². The van der Waals surface area contributed by atoms with Gasteiger partial charge < -0.3 is 10.2 Å². The molecule has 0 spiro atoms. The van der Waals surface area contributed by atoms with Crippen molar-refractivity contribution in [3.63, 3.8) is 0 Å². The Bertz CT molecular complexity index is 762. The van der Waals surface area contributed by atoms with Gasteiger partial charge >= 0.3 is 0 Å². The van der Waals surface area contributed by atoms with Crippen LogP contribution < -0.4 is 5.32 Å². The molecular formula is C22H27ClN2O2. The van der Waals surface area contributed by atoms with E-state index in [1.54, 1.807) is 17.0 Å². The largest absolute Gasteiger partial charge is 0.352 e. The van der Waals surface area contributed by atoms with Crippen molar-refractivity contribution in [2.24, 2.45) is 0 Å². The van der Waals surface area contributed by atoms with Crippen molar-refractivity contribution < 1.29 is 9.59 Å². The lowest BCUT2D eigenvalue weighted by atomic mass is 10.1. The van der Waals surface area contributed by atoms with Gasteiger partial charge in [-0.3, -0.25) is 9.59 Å². The molecule has 0 aliphatic rings. The van der Waals surface area contributed by atoms with Gasteiger partial charge in [-0.1, -0.05) is 61.0 Å². The number of rotatable bonds is 8. The minimum absolute atomic E-state index is 0.0214. The van der Waals surface area contributed by atoms with Crippen LogP contribution >= 0.6 is 11.6 Å². The molecule has 0 bridgehead atoms. The Morgan fingerprint density at radius 2 is 1.70 bits per heavy atom. The van der Waals surface area contributed by atoms with Crippen LogP contribution in [0.3, 0.4) is 0 Å². The molecule has 0 saturated heterocycles. The molecule has 0 radical (unpaired) electrons. The third-order valence-corrected chi connectivity index (χ3v) is 4.49. The number of hydrogen-bond donors (Lipinski definition) is 1. The van der Waals surface area contributed by atoms with Crippen LogP contribution in [0.1, 0.15) is 38.3 Å². The van der Waals surface area contributed by atoms with Gasteiger partial charge in [0.15, 0.2) is 0 Å². The maximum atomic E-state index is 13.1. The molecule has 1 unspecified atom stereocenters. The molecule has 0 aromatic heterocycles. The van der Waals surface area contributed by atoms with E-state index >= 15 is 0 Å². The fraction of sp³-hybridized carbons (Fsp3) is 0.364. The lowest BCUT2D eigenvalue weighted by molar-refractivity contribution is -0.141. The highest BCUT2D eigenvalue weighted by Gasteiger charge is 2.28. The van der Waals surface area contributed by atoms with Gasteiger partial charge in [-0.2, -0.15) is 0 Å². The van der Waals surface area contributed by atoms with E-state index in [1.807, 2.05) is 63.2 Å². The van der Waals surface area contributed by atoms with Crippen LogP contribution in [0.15, 0.2) is 54.6 Å². The number of hydrogen-bond acceptors (Lipinski definition) is 2. The summed E-state index contributed by atoms with van der Waals surface area (Å²) in [5, 5.41) is 3.53. The second-order valence-electron chi connectivity index (χ2n) is 6.90. The Balaban J connectivity index is 2.26. The van der Waals surface area contributed by atoms with Gasteiger partial charge in [0, 0.05) is 17.6 Å². The Labute approximate surface area is 166 Å². The summed E-state index contributed by atoms with van der Waals surface area (Å²) in [4.78, 5) is 27.5. The molecule has 0 saturated carbocycles. The minimum Gasteiger partial charge on any atom is -0.352 e. The second kappa shape index (κ2) is 10.1. The van der Waals surface area contributed by atoms with Gasteiger partial charge in [0.05, 0.1) is 6.42 Å². The molecule has 1 atom stereocenters. The Morgan fingerprint density at radius 1 is 1.04 bits per heavy atom. The number of amides is 2. The molecule has 0 heterocycles. The first-order valence-electron chi connectivity index (χ1n) is 9.29. The average Bonchev–Trinajstić information content (AvgIpc) is 2.61. The number of nitrogens with zero attached hydrogens (tertiary/aromatic N) is 1. The lowest BCUT2D eigenvalue weighted by Gasteiger charge is -2.31. The summed E-state index contributed by atoms with van der Waals surface area (Å²) in [5.74, 6) is -0.213. The van der Waals surface area contributed by atoms with Gasteiger partial charge in [-0.05, 0) is 43.5 Å². The predicted octanol–water partition coefficient (Wildman–Crippen LogP) is 4.21. The normalized spacial score (nSPS) is 11.9. The average molecular weight is 387 g/mol. The van der Waals surface area contributed by atoms with Crippen LogP contribution in [0, 0.1) is 0 Å². The third-order valence-electron chi connectivity index (χ3n) is 4.26. The Kier molecular flexibility index (Phi) is 7.86. The van der Waals surface area contributed by atoms with Crippen LogP contribution in [0.25, 0.3) is 0 Å². The van der Waals surface area contributed by atoms with Gasteiger partial charge in [0.2, 0.25) is 11.8 Å². The van der Waals surface area contributed by atoms with E-state index in [9.17, 15) is 9.59 Å². The van der Waals surface area contributed by atoms with Gasteiger partial charge in [-0.25, -0.2) is 0 Å². The molecule has 27 heavy (non-hydrogen) atoms. The van der Waals surface area contributed by atoms with E-state index in [2.05, 4.69) is 5.32 Å². The molecule has 144 valence electrons. The standard InChI is InChI=1S/C22H27ClN2O2/c1-4-20(22(27)24-16(2)3)25(15-17-9-6-5-7-10-17)21(26)14-18-11-8-12-19(23)13-18/h5-13,16,20H,4,14-15H2,1-3H3,(H,24,27). The first-order chi connectivity index (χ1) is 12.9. The van der Waals surface area contributed by atoms with E-state index in [-0.39, 0.29) is 24.3 Å². The fourth-order valence-corrected chi connectivity index (χ4v) is 3.22. The molecule has 0 aliphatic heterocycles. The van der Waals surface area contributed by atoms with E-state index < -0.39 is 6.04 Å². The van der Waals surface area contributed by atoms with Crippen molar-refractivity contribution in [1.29, 1.82) is 0 Å². The quantitative estimate of drug-likeness (QED) is 0.738. The maximum absolute atomic E-state index is 13.1. The predicted molar refractivity (Wildman–Crippen MR) is 110 cm³/mol. The zero-order valence-corrected chi connectivity index (χ0v) is 16.9. The van der Waals surface area contributed by atoms with Gasteiger partial charge in [0.25, 0.3) is 0 Å².